The van der Waals surface area contributed by atoms with Crippen LogP contribution in [0, 0.1) is 0 Å². The van der Waals surface area contributed by atoms with Gasteiger partial charge in [0, 0.05) is 48.9 Å². The first-order chi connectivity index (χ1) is 18.9. The van der Waals surface area contributed by atoms with Crippen LogP contribution in [0.4, 0.5) is 5.69 Å². The van der Waals surface area contributed by atoms with Gasteiger partial charge in [-0.3, -0.25) is 24.3 Å². The minimum absolute atomic E-state index is 0.00863. The smallest absolute Gasteiger partial charge is 0.253 e. The van der Waals surface area contributed by atoms with E-state index in [4.69, 9.17) is 0 Å². The van der Waals surface area contributed by atoms with E-state index in [9.17, 15) is 19.2 Å². The van der Waals surface area contributed by atoms with Crippen LogP contribution in [0.3, 0.4) is 0 Å². The van der Waals surface area contributed by atoms with Crippen molar-refractivity contribution in [3.05, 3.63) is 59.8 Å². The second-order valence-electron chi connectivity index (χ2n) is 11.1. The zero-order chi connectivity index (χ0) is 26.7. The van der Waals surface area contributed by atoms with Gasteiger partial charge >= 0.3 is 0 Å². The third kappa shape index (κ3) is 3.72. The summed E-state index contributed by atoms with van der Waals surface area (Å²) in [5.41, 5.74) is 2.39. The molecule has 3 aromatic rings. The fourth-order valence-electron chi connectivity index (χ4n) is 6.94. The molecule has 4 amide bonds. The Morgan fingerprint density at radius 1 is 1.03 bits per heavy atom. The van der Waals surface area contributed by atoms with E-state index in [0.717, 1.165) is 41.5 Å². The number of hydrogen-bond donors (Lipinski definition) is 1. The quantitative estimate of drug-likeness (QED) is 0.561. The number of rotatable bonds is 3. The number of hydrogen-bond acceptors (Lipinski definition) is 5. The molecule has 0 bridgehead atoms. The number of fused-ring (bicyclic) bond motifs is 4. The lowest BCUT2D eigenvalue weighted by Crippen LogP contribution is -2.57. The van der Waals surface area contributed by atoms with E-state index in [-0.39, 0.29) is 42.8 Å². The number of aromatic amines is 1. The molecule has 10 nitrogen and oxygen atoms in total. The van der Waals surface area contributed by atoms with Crippen molar-refractivity contribution in [2.45, 2.75) is 37.1 Å². The van der Waals surface area contributed by atoms with Gasteiger partial charge in [-0.25, -0.2) is 0 Å². The molecular formula is C29H30N6O4. The fourth-order valence-corrected chi connectivity index (χ4v) is 6.94. The van der Waals surface area contributed by atoms with E-state index < -0.39 is 5.41 Å². The molecule has 1 N–H and O–H groups in total. The number of piperidine rings is 1. The topological polar surface area (TPSA) is 110 Å². The number of amides is 4. The SMILES string of the molecule is O=C(CN1C(=O)C2(CCN(C(=O)c3ccc4[nH]ncc4c3)CC2)c2ccccc21)N1CC(=O)N2CCCC2C1. The van der Waals surface area contributed by atoms with Crippen LogP contribution >= 0.6 is 0 Å². The van der Waals surface area contributed by atoms with Crippen molar-refractivity contribution >= 4 is 40.2 Å². The van der Waals surface area contributed by atoms with E-state index in [1.54, 1.807) is 22.1 Å². The van der Waals surface area contributed by atoms with Gasteiger partial charge < -0.3 is 19.6 Å². The van der Waals surface area contributed by atoms with Crippen molar-refractivity contribution in [3.63, 3.8) is 0 Å². The lowest BCUT2D eigenvalue weighted by molar-refractivity contribution is -0.146. The molecular weight excluding hydrogens is 496 g/mol. The number of piperazine rings is 1. The molecule has 200 valence electrons. The third-order valence-corrected chi connectivity index (χ3v) is 9.06. The normalized spacial score (nSPS) is 22.1. The molecule has 5 heterocycles. The summed E-state index contributed by atoms with van der Waals surface area (Å²) in [6.45, 7) is 2.19. The fraction of sp³-hybridized carbons (Fsp3) is 0.414. The van der Waals surface area contributed by atoms with Crippen molar-refractivity contribution in [1.29, 1.82) is 0 Å². The molecule has 2 aromatic carbocycles. The molecule has 10 heteroatoms. The Morgan fingerprint density at radius 3 is 2.69 bits per heavy atom. The predicted molar refractivity (Wildman–Crippen MR) is 143 cm³/mol. The summed E-state index contributed by atoms with van der Waals surface area (Å²) in [6, 6.07) is 13.3. The second kappa shape index (κ2) is 8.93. The van der Waals surface area contributed by atoms with Crippen LogP contribution < -0.4 is 4.90 Å². The Hall–Kier alpha value is -4.21. The van der Waals surface area contributed by atoms with Crippen molar-refractivity contribution in [2.75, 3.05) is 44.2 Å². The number of aromatic nitrogens is 2. The number of benzene rings is 2. The third-order valence-electron chi connectivity index (χ3n) is 9.06. The largest absolute Gasteiger partial charge is 0.339 e. The van der Waals surface area contributed by atoms with Gasteiger partial charge in [0.25, 0.3) is 5.91 Å². The molecule has 1 aromatic heterocycles. The summed E-state index contributed by atoms with van der Waals surface area (Å²) in [5, 5.41) is 7.81. The predicted octanol–water partition coefficient (Wildman–Crippen LogP) is 1.92. The molecule has 3 fully saturated rings. The van der Waals surface area contributed by atoms with Gasteiger partial charge in [0.15, 0.2) is 0 Å². The second-order valence-corrected chi connectivity index (χ2v) is 11.1. The monoisotopic (exact) mass is 526 g/mol. The highest BCUT2D eigenvalue weighted by Crippen LogP contribution is 2.48. The van der Waals surface area contributed by atoms with Crippen LogP contribution in [0.5, 0.6) is 0 Å². The molecule has 4 aliphatic rings. The first-order valence-corrected chi connectivity index (χ1v) is 13.7. The molecule has 0 aliphatic carbocycles. The maximum absolute atomic E-state index is 14.0. The van der Waals surface area contributed by atoms with Crippen LogP contribution in [-0.4, -0.2) is 93.8 Å². The van der Waals surface area contributed by atoms with E-state index in [2.05, 4.69) is 10.2 Å². The van der Waals surface area contributed by atoms with Gasteiger partial charge in [-0.05, 0) is 55.5 Å². The molecule has 0 saturated carbocycles. The summed E-state index contributed by atoms with van der Waals surface area (Å²) in [7, 11) is 0. The zero-order valence-corrected chi connectivity index (χ0v) is 21.6. The van der Waals surface area contributed by atoms with Gasteiger partial charge in [0.1, 0.15) is 6.54 Å². The Kier molecular flexibility index (Phi) is 5.47. The number of para-hydroxylation sites is 1. The van der Waals surface area contributed by atoms with Gasteiger partial charge in [0.05, 0.1) is 23.7 Å². The number of likely N-dealkylation sites (tertiary alicyclic amines) is 1. The van der Waals surface area contributed by atoms with E-state index in [1.807, 2.05) is 46.2 Å². The van der Waals surface area contributed by atoms with Crippen molar-refractivity contribution in [1.82, 2.24) is 24.9 Å². The van der Waals surface area contributed by atoms with E-state index in [0.29, 0.717) is 38.0 Å². The summed E-state index contributed by atoms with van der Waals surface area (Å²) in [6.07, 6.45) is 4.56. The first-order valence-electron chi connectivity index (χ1n) is 13.7. The summed E-state index contributed by atoms with van der Waals surface area (Å²) >= 11 is 0. The molecule has 1 unspecified atom stereocenters. The van der Waals surface area contributed by atoms with E-state index >= 15 is 0 Å². The van der Waals surface area contributed by atoms with Gasteiger partial charge in [0.2, 0.25) is 17.7 Å². The molecule has 1 spiro atoms. The first kappa shape index (κ1) is 23.9. The van der Waals surface area contributed by atoms with Gasteiger partial charge in [-0.15, -0.1) is 0 Å². The highest BCUT2D eigenvalue weighted by Gasteiger charge is 2.53. The zero-order valence-electron chi connectivity index (χ0n) is 21.6. The van der Waals surface area contributed by atoms with E-state index in [1.165, 1.54) is 0 Å². The lowest BCUT2D eigenvalue weighted by atomic mass is 9.73. The van der Waals surface area contributed by atoms with Crippen LogP contribution in [-0.2, 0) is 19.8 Å². The molecule has 4 aliphatic heterocycles. The van der Waals surface area contributed by atoms with Crippen LogP contribution in [0.25, 0.3) is 10.9 Å². The van der Waals surface area contributed by atoms with Gasteiger partial charge in [-0.2, -0.15) is 5.10 Å². The highest BCUT2D eigenvalue weighted by molar-refractivity contribution is 6.11. The minimum Gasteiger partial charge on any atom is -0.339 e. The molecule has 7 rings (SSSR count). The maximum Gasteiger partial charge on any atom is 0.253 e. The summed E-state index contributed by atoms with van der Waals surface area (Å²) in [4.78, 5) is 60.2. The standard InChI is InChI=1S/C29H30N6O4/c36-25(33-16-21-4-3-11-34(21)26(37)17-33)18-35-24-6-2-1-5-22(24)29(28(35)39)9-12-32(13-10-29)27(38)19-7-8-23-20(14-19)15-30-31-23/h1-2,5-8,14-15,21H,3-4,9-13,16-18H2,(H,30,31). The Bertz CT molecular complexity index is 1510. The van der Waals surface area contributed by atoms with Crippen LogP contribution in [0.15, 0.2) is 48.7 Å². The molecule has 3 saturated heterocycles. The number of carbonyl (C=O) groups excluding carboxylic acids is 4. The molecule has 39 heavy (non-hydrogen) atoms. The number of anilines is 1. The summed E-state index contributed by atoms with van der Waals surface area (Å²) in [5.74, 6) is -0.354. The van der Waals surface area contributed by atoms with Crippen molar-refractivity contribution in [3.8, 4) is 0 Å². The van der Waals surface area contributed by atoms with Crippen LogP contribution in [0.1, 0.15) is 41.6 Å². The van der Waals surface area contributed by atoms with Crippen molar-refractivity contribution < 1.29 is 19.2 Å². The average molecular weight is 527 g/mol. The highest BCUT2D eigenvalue weighted by atomic mass is 16.2. The average Bonchev–Trinajstić information content (AvgIpc) is 3.68. The molecule has 1 atom stereocenters. The lowest BCUT2D eigenvalue weighted by Gasteiger charge is -2.39. The number of nitrogens with zero attached hydrogens (tertiary/aromatic N) is 5. The summed E-state index contributed by atoms with van der Waals surface area (Å²) < 4.78 is 0. The van der Waals surface area contributed by atoms with Crippen molar-refractivity contribution in [2.24, 2.45) is 0 Å². The number of nitrogens with one attached hydrogen (secondary N) is 1. The number of H-pyrrole nitrogens is 1. The minimum atomic E-state index is -0.762. The van der Waals surface area contributed by atoms with Crippen LogP contribution in [0.2, 0.25) is 0 Å². The Labute approximate surface area is 225 Å². The maximum atomic E-state index is 14.0. The molecule has 0 radical (unpaired) electrons. The Balaban J connectivity index is 1.09. The van der Waals surface area contributed by atoms with Gasteiger partial charge in [-0.1, -0.05) is 18.2 Å². The number of carbonyl (C=O) groups is 4. The Morgan fingerprint density at radius 2 is 1.85 bits per heavy atom.